The summed E-state index contributed by atoms with van der Waals surface area (Å²) in [4.78, 5) is 15.4. The molecule has 1 aromatic heterocycles. The van der Waals surface area contributed by atoms with Crippen molar-refractivity contribution in [3.8, 4) is 17.4 Å². The zero-order valence-electron chi connectivity index (χ0n) is 24.3. The monoisotopic (exact) mass is 590 g/mol. The molecule has 0 spiro atoms. The number of rotatable bonds is 9. The van der Waals surface area contributed by atoms with E-state index < -0.39 is 36.6 Å². The van der Waals surface area contributed by atoms with Gasteiger partial charge in [0.25, 0.3) is 5.91 Å². The molecule has 0 radical (unpaired) electrons. The molecule has 43 heavy (non-hydrogen) atoms. The van der Waals surface area contributed by atoms with Crippen LogP contribution in [-0.2, 0) is 14.3 Å². The van der Waals surface area contributed by atoms with Crippen molar-refractivity contribution in [2.75, 3.05) is 44.7 Å². The Kier molecular flexibility index (Phi) is 9.77. The molecule has 0 saturated carbocycles. The standard InChI is InChI=1S/C32H38N4O7/c1-3-25-29(37)30(38)28(32(40)43-25)35-31(39)24(18-33)19(2)26-8-9-27(42-26)22-5-4-21-17-23(7-6-20(21)16-22)34-10-11-36-12-14-41-15-13-36/h4-9,16-17,25,28-30,32,34,37-38,40H,3,10-15H2,1-2H3,(H,35,39)/b24-19+/t25-,28-,29-,30-,32?/m1/s1. The summed E-state index contributed by atoms with van der Waals surface area (Å²) in [6.45, 7) is 8.65. The predicted octanol–water partition coefficient (Wildman–Crippen LogP) is 2.47. The molecule has 3 aromatic rings. The van der Waals surface area contributed by atoms with Crippen molar-refractivity contribution in [2.45, 2.75) is 50.9 Å². The number of anilines is 1. The molecule has 2 saturated heterocycles. The van der Waals surface area contributed by atoms with E-state index in [9.17, 15) is 25.4 Å². The summed E-state index contributed by atoms with van der Waals surface area (Å²) in [6, 6.07) is 16.3. The van der Waals surface area contributed by atoms with E-state index >= 15 is 0 Å². The van der Waals surface area contributed by atoms with Crippen LogP contribution in [0.15, 0.2) is 58.5 Å². The predicted molar refractivity (Wildman–Crippen MR) is 161 cm³/mol. The Morgan fingerprint density at radius 2 is 1.79 bits per heavy atom. The van der Waals surface area contributed by atoms with Crippen LogP contribution in [0.3, 0.4) is 0 Å². The summed E-state index contributed by atoms with van der Waals surface area (Å²) >= 11 is 0. The minimum atomic E-state index is -1.54. The average Bonchev–Trinajstić information content (AvgIpc) is 3.52. The Labute approximate surface area is 250 Å². The van der Waals surface area contributed by atoms with Crippen LogP contribution in [0.4, 0.5) is 5.69 Å². The van der Waals surface area contributed by atoms with E-state index in [1.165, 1.54) is 0 Å². The number of benzene rings is 2. The van der Waals surface area contributed by atoms with Gasteiger partial charge >= 0.3 is 0 Å². The first-order valence-corrected chi connectivity index (χ1v) is 14.6. The van der Waals surface area contributed by atoms with Crippen molar-refractivity contribution >= 4 is 27.9 Å². The highest BCUT2D eigenvalue weighted by Gasteiger charge is 2.44. The average molecular weight is 591 g/mol. The van der Waals surface area contributed by atoms with Crippen molar-refractivity contribution in [3.63, 3.8) is 0 Å². The van der Waals surface area contributed by atoms with Gasteiger partial charge in [0.2, 0.25) is 0 Å². The second kappa shape index (κ2) is 13.7. The van der Waals surface area contributed by atoms with E-state index in [2.05, 4.69) is 33.7 Å². The first kappa shape index (κ1) is 30.7. The number of allylic oxidation sites excluding steroid dienone is 1. The number of fused-ring (bicyclic) bond motifs is 1. The van der Waals surface area contributed by atoms with Gasteiger partial charge in [0, 0.05) is 43.0 Å². The van der Waals surface area contributed by atoms with Gasteiger partial charge in [0.15, 0.2) is 6.29 Å². The Bertz CT molecular complexity index is 1510. The number of morpholine rings is 1. The number of carbonyl (C=O) groups is 1. The molecule has 5 atom stereocenters. The lowest BCUT2D eigenvalue weighted by Crippen LogP contribution is -2.63. The first-order chi connectivity index (χ1) is 20.8. The van der Waals surface area contributed by atoms with E-state index in [0.717, 1.165) is 61.4 Å². The third kappa shape index (κ3) is 6.91. The van der Waals surface area contributed by atoms with E-state index in [0.29, 0.717) is 17.9 Å². The van der Waals surface area contributed by atoms with Crippen molar-refractivity contribution < 1.29 is 34.0 Å². The molecule has 11 heteroatoms. The molecule has 11 nitrogen and oxygen atoms in total. The number of aliphatic hydroxyl groups excluding tert-OH is 3. The van der Waals surface area contributed by atoms with Crippen LogP contribution in [0.1, 0.15) is 26.0 Å². The maximum atomic E-state index is 13.0. The first-order valence-electron chi connectivity index (χ1n) is 14.6. The number of nitrogens with one attached hydrogen (secondary N) is 2. The second-order valence-electron chi connectivity index (χ2n) is 10.9. The summed E-state index contributed by atoms with van der Waals surface area (Å²) in [5.74, 6) is 0.0717. The SMILES string of the molecule is CC[C@H]1OC(O)[C@H](NC(=O)/C(C#N)=C(\C)c2ccc(-c3ccc4cc(NCCN5CCOCC5)ccc4c3)o2)[C@@H](O)[C@@H]1O. The van der Waals surface area contributed by atoms with Crippen LogP contribution in [-0.4, -0.2) is 96.2 Å². The van der Waals surface area contributed by atoms with Gasteiger partial charge in [-0.25, -0.2) is 0 Å². The number of ether oxygens (including phenoxy) is 2. The Morgan fingerprint density at radius 1 is 1.05 bits per heavy atom. The maximum Gasteiger partial charge on any atom is 0.262 e. The number of carbonyl (C=O) groups excluding carboxylic acids is 1. The fourth-order valence-electron chi connectivity index (χ4n) is 5.48. The van der Waals surface area contributed by atoms with E-state index in [4.69, 9.17) is 13.9 Å². The highest BCUT2D eigenvalue weighted by Crippen LogP contribution is 2.31. The Morgan fingerprint density at radius 3 is 2.53 bits per heavy atom. The summed E-state index contributed by atoms with van der Waals surface area (Å²) in [5.41, 5.74) is 1.93. The molecule has 2 aliphatic heterocycles. The molecule has 1 unspecified atom stereocenters. The number of furan rings is 1. The van der Waals surface area contributed by atoms with Crippen molar-refractivity contribution in [2.24, 2.45) is 0 Å². The molecule has 3 heterocycles. The molecule has 5 N–H and O–H groups in total. The molecule has 2 aromatic carbocycles. The molecule has 0 aliphatic carbocycles. The highest BCUT2D eigenvalue weighted by atomic mass is 16.6. The minimum Gasteiger partial charge on any atom is -0.456 e. The molecule has 1 amide bonds. The zero-order chi connectivity index (χ0) is 30.5. The van der Waals surface area contributed by atoms with Crippen LogP contribution in [0.5, 0.6) is 0 Å². The van der Waals surface area contributed by atoms with Gasteiger partial charge in [-0.05, 0) is 54.4 Å². The number of hydrogen-bond acceptors (Lipinski definition) is 10. The van der Waals surface area contributed by atoms with Crippen LogP contribution in [0.25, 0.3) is 27.7 Å². The van der Waals surface area contributed by atoms with Crippen LogP contribution in [0.2, 0.25) is 0 Å². The summed E-state index contributed by atoms with van der Waals surface area (Å²) < 4.78 is 16.8. The minimum absolute atomic E-state index is 0.250. The number of amides is 1. The summed E-state index contributed by atoms with van der Waals surface area (Å²) in [7, 11) is 0. The summed E-state index contributed by atoms with van der Waals surface area (Å²) in [5, 5.41) is 48.8. The van der Waals surface area contributed by atoms with E-state index in [-0.39, 0.29) is 11.1 Å². The third-order valence-electron chi connectivity index (χ3n) is 8.10. The van der Waals surface area contributed by atoms with Crippen molar-refractivity contribution in [1.29, 1.82) is 5.26 Å². The highest BCUT2D eigenvalue weighted by molar-refractivity contribution is 6.04. The number of aliphatic hydroxyl groups is 3. The zero-order valence-corrected chi connectivity index (χ0v) is 24.3. The molecule has 5 rings (SSSR count). The number of nitrogens with zero attached hydrogens (tertiary/aromatic N) is 2. The molecule has 228 valence electrons. The van der Waals surface area contributed by atoms with Crippen LogP contribution in [0, 0.1) is 11.3 Å². The summed E-state index contributed by atoms with van der Waals surface area (Å²) in [6.07, 6.45) is -4.72. The van der Waals surface area contributed by atoms with Gasteiger partial charge in [-0.2, -0.15) is 5.26 Å². The lowest BCUT2D eigenvalue weighted by atomic mass is 9.95. The fraction of sp³-hybridized carbons (Fsp3) is 0.438. The van der Waals surface area contributed by atoms with Crippen molar-refractivity contribution in [1.82, 2.24) is 10.2 Å². The molecule has 2 aliphatic rings. The Balaban J connectivity index is 1.26. The Hall–Kier alpha value is -3.76. The van der Waals surface area contributed by atoms with Gasteiger partial charge < -0.3 is 39.8 Å². The van der Waals surface area contributed by atoms with Crippen LogP contribution < -0.4 is 10.6 Å². The van der Waals surface area contributed by atoms with E-state index in [1.807, 2.05) is 24.3 Å². The molecule has 0 bridgehead atoms. The van der Waals surface area contributed by atoms with E-state index in [1.54, 1.807) is 26.0 Å². The molecular weight excluding hydrogens is 552 g/mol. The third-order valence-corrected chi connectivity index (χ3v) is 8.10. The van der Waals surface area contributed by atoms with Gasteiger partial charge in [0.05, 0.1) is 19.3 Å². The number of nitriles is 1. The van der Waals surface area contributed by atoms with Crippen LogP contribution >= 0.6 is 0 Å². The molecule has 2 fully saturated rings. The lowest BCUT2D eigenvalue weighted by molar-refractivity contribution is -0.247. The normalized spacial score (nSPS) is 25.2. The lowest BCUT2D eigenvalue weighted by Gasteiger charge is -2.40. The van der Waals surface area contributed by atoms with Gasteiger partial charge in [-0.15, -0.1) is 0 Å². The van der Waals surface area contributed by atoms with Gasteiger partial charge in [-0.1, -0.05) is 25.1 Å². The quantitative estimate of drug-likeness (QED) is 0.185. The van der Waals surface area contributed by atoms with Crippen molar-refractivity contribution in [3.05, 3.63) is 59.9 Å². The smallest absolute Gasteiger partial charge is 0.262 e. The number of hydrogen-bond donors (Lipinski definition) is 5. The topological polar surface area (TPSA) is 160 Å². The second-order valence-corrected chi connectivity index (χ2v) is 10.9. The molecular formula is C32H38N4O7. The maximum absolute atomic E-state index is 13.0. The van der Waals surface area contributed by atoms with Gasteiger partial charge in [0.1, 0.15) is 41.4 Å². The van der Waals surface area contributed by atoms with Gasteiger partial charge in [-0.3, -0.25) is 9.69 Å². The largest absolute Gasteiger partial charge is 0.456 e. The fourth-order valence-corrected chi connectivity index (χ4v) is 5.48.